The number of rotatable bonds is 4. The van der Waals surface area contributed by atoms with Crippen LogP contribution < -0.4 is 0 Å². The standard InChI is InChI=1S/C27H31FO/c1-2-26-25(24-9-4-3-6-22(24)17-27(26)18-29-27)15-12-19-10-13-20(14-11-19)21-7-5-8-23(28)16-21/h5,7-8,10-16,22,24-26H,2-4,6,9,17-18H2,1H3/b15-12+. The molecule has 1 nitrogen and oxygen atoms in total. The van der Waals surface area contributed by atoms with Crippen molar-refractivity contribution in [3.8, 4) is 11.1 Å². The molecule has 1 aliphatic heterocycles. The Balaban J connectivity index is 1.37. The fourth-order valence-corrected chi connectivity index (χ4v) is 6.26. The van der Waals surface area contributed by atoms with Gasteiger partial charge in [0.1, 0.15) is 5.82 Å². The van der Waals surface area contributed by atoms with Gasteiger partial charge in [-0.1, -0.05) is 74.7 Å². The molecule has 0 radical (unpaired) electrons. The Kier molecular flexibility index (Phi) is 5.07. The van der Waals surface area contributed by atoms with Crippen LogP contribution in [0.25, 0.3) is 17.2 Å². The maximum atomic E-state index is 13.5. The van der Waals surface area contributed by atoms with Gasteiger partial charge in [0, 0.05) is 0 Å². The van der Waals surface area contributed by atoms with Gasteiger partial charge in [-0.15, -0.1) is 0 Å². The van der Waals surface area contributed by atoms with Gasteiger partial charge in [-0.25, -0.2) is 4.39 Å². The fraction of sp³-hybridized carbons (Fsp3) is 0.481. The number of halogens is 1. The summed E-state index contributed by atoms with van der Waals surface area (Å²) in [5, 5.41) is 0. The summed E-state index contributed by atoms with van der Waals surface area (Å²) in [6.45, 7) is 3.31. The number of epoxide rings is 1. The summed E-state index contributed by atoms with van der Waals surface area (Å²) in [5.74, 6) is 2.77. The van der Waals surface area contributed by atoms with Crippen LogP contribution in [0.2, 0.25) is 0 Å². The topological polar surface area (TPSA) is 12.5 Å². The molecule has 5 rings (SSSR count). The van der Waals surface area contributed by atoms with E-state index in [4.69, 9.17) is 4.74 Å². The second-order valence-electron chi connectivity index (χ2n) is 9.35. The Morgan fingerprint density at radius 1 is 1.07 bits per heavy atom. The maximum absolute atomic E-state index is 13.5. The molecule has 2 aromatic carbocycles. The van der Waals surface area contributed by atoms with E-state index in [9.17, 15) is 4.39 Å². The molecule has 0 bridgehead atoms. The van der Waals surface area contributed by atoms with Gasteiger partial charge < -0.3 is 4.74 Å². The van der Waals surface area contributed by atoms with Crippen LogP contribution in [0.1, 0.15) is 51.0 Å². The molecule has 5 unspecified atom stereocenters. The number of hydrogen-bond donors (Lipinski definition) is 0. The van der Waals surface area contributed by atoms with Crippen LogP contribution in [0, 0.1) is 29.5 Å². The summed E-state index contributed by atoms with van der Waals surface area (Å²) in [5.41, 5.74) is 3.40. The van der Waals surface area contributed by atoms with Crippen molar-refractivity contribution in [3.63, 3.8) is 0 Å². The molecule has 2 saturated carbocycles. The first-order valence-corrected chi connectivity index (χ1v) is 11.4. The first-order chi connectivity index (χ1) is 14.2. The maximum Gasteiger partial charge on any atom is 0.123 e. The van der Waals surface area contributed by atoms with E-state index >= 15 is 0 Å². The zero-order valence-corrected chi connectivity index (χ0v) is 17.3. The molecule has 2 aliphatic carbocycles. The molecule has 0 N–H and O–H groups in total. The Morgan fingerprint density at radius 3 is 2.59 bits per heavy atom. The zero-order valence-electron chi connectivity index (χ0n) is 17.3. The molecule has 152 valence electrons. The van der Waals surface area contributed by atoms with Crippen molar-refractivity contribution in [1.29, 1.82) is 0 Å². The molecule has 0 amide bonds. The largest absolute Gasteiger partial charge is 0.369 e. The van der Waals surface area contributed by atoms with Gasteiger partial charge in [0.05, 0.1) is 12.2 Å². The lowest BCUT2D eigenvalue weighted by molar-refractivity contribution is 0.0105. The van der Waals surface area contributed by atoms with E-state index in [2.05, 4.69) is 43.3 Å². The van der Waals surface area contributed by atoms with Crippen molar-refractivity contribution >= 4 is 6.08 Å². The molecule has 2 aromatic rings. The Labute approximate surface area is 174 Å². The first-order valence-electron chi connectivity index (χ1n) is 11.4. The SMILES string of the molecule is CCC1C(/C=C/c2ccc(-c3cccc(F)c3)cc2)C2CCCCC2CC12CO2. The van der Waals surface area contributed by atoms with Crippen molar-refractivity contribution in [2.24, 2.45) is 23.7 Å². The quantitative estimate of drug-likeness (QED) is 0.506. The summed E-state index contributed by atoms with van der Waals surface area (Å²) < 4.78 is 19.6. The van der Waals surface area contributed by atoms with Crippen LogP contribution in [-0.2, 0) is 4.74 Å². The summed E-state index contributed by atoms with van der Waals surface area (Å²) in [7, 11) is 0. The van der Waals surface area contributed by atoms with E-state index in [1.165, 1.54) is 50.2 Å². The van der Waals surface area contributed by atoms with Gasteiger partial charge in [0.2, 0.25) is 0 Å². The average molecular weight is 391 g/mol. The highest BCUT2D eigenvalue weighted by Gasteiger charge is 2.59. The predicted molar refractivity (Wildman–Crippen MR) is 117 cm³/mol. The van der Waals surface area contributed by atoms with E-state index in [0.717, 1.165) is 29.6 Å². The van der Waals surface area contributed by atoms with Crippen molar-refractivity contribution < 1.29 is 9.13 Å². The minimum Gasteiger partial charge on any atom is -0.369 e. The van der Waals surface area contributed by atoms with Crippen molar-refractivity contribution in [2.75, 3.05) is 6.61 Å². The molecular formula is C27H31FO. The lowest BCUT2D eigenvalue weighted by Crippen LogP contribution is -2.45. The van der Waals surface area contributed by atoms with Crippen molar-refractivity contribution in [2.45, 2.75) is 51.0 Å². The number of fused-ring (bicyclic) bond motifs is 1. The summed E-state index contributed by atoms with van der Waals surface area (Å²) >= 11 is 0. The molecule has 1 saturated heterocycles. The van der Waals surface area contributed by atoms with Crippen LogP contribution in [0.4, 0.5) is 4.39 Å². The molecule has 29 heavy (non-hydrogen) atoms. The van der Waals surface area contributed by atoms with E-state index in [1.807, 2.05) is 6.07 Å². The van der Waals surface area contributed by atoms with Gasteiger partial charge in [0.15, 0.2) is 0 Å². The van der Waals surface area contributed by atoms with Crippen LogP contribution in [-0.4, -0.2) is 12.2 Å². The minimum atomic E-state index is -0.187. The highest BCUT2D eigenvalue weighted by molar-refractivity contribution is 5.65. The number of ether oxygens (including phenoxy) is 1. The first kappa shape index (κ1) is 19.1. The second-order valence-corrected chi connectivity index (χ2v) is 9.35. The van der Waals surface area contributed by atoms with Gasteiger partial charge in [0.25, 0.3) is 0 Å². The lowest BCUT2D eigenvalue weighted by Gasteiger charge is -2.47. The molecule has 3 aliphatic rings. The molecule has 3 fully saturated rings. The molecular weight excluding hydrogens is 359 g/mol. The van der Waals surface area contributed by atoms with E-state index in [0.29, 0.717) is 11.8 Å². The summed E-state index contributed by atoms with van der Waals surface area (Å²) in [6, 6.07) is 15.3. The molecule has 0 aromatic heterocycles. The molecule has 1 spiro atoms. The van der Waals surface area contributed by atoms with E-state index < -0.39 is 0 Å². The predicted octanol–water partition coefficient (Wildman–Crippen LogP) is 7.13. The van der Waals surface area contributed by atoms with Gasteiger partial charge in [-0.2, -0.15) is 0 Å². The highest BCUT2D eigenvalue weighted by Crippen LogP contribution is 2.58. The smallest absolute Gasteiger partial charge is 0.123 e. The van der Waals surface area contributed by atoms with E-state index in [1.54, 1.807) is 12.1 Å². The Morgan fingerprint density at radius 2 is 1.86 bits per heavy atom. The van der Waals surface area contributed by atoms with Crippen LogP contribution in [0.3, 0.4) is 0 Å². The fourth-order valence-electron chi connectivity index (χ4n) is 6.26. The molecule has 5 atom stereocenters. The number of benzene rings is 2. The Hall–Kier alpha value is -1.93. The third kappa shape index (κ3) is 3.68. The Bertz CT molecular complexity index is 880. The lowest BCUT2D eigenvalue weighted by atomic mass is 9.57. The third-order valence-corrected chi connectivity index (χ3v) is 7.74. The zero-order chi connectivity index (χ0) is 19.8. The van der Waals surface area contributed by atoms with E-state index in [-0.39, 0.29) is 11.4 Å². The highest BCUT2D eigenvalue weighted by atomic mass is 19.1. The average Bonchev–Trinajstić information content (AvgIpc) is 3.51. The molecule has 2 heteroatoms. The van der Waals surface area contributed by atoms with Crippen LogP contribution in [0.15, 0.2) is 54.6 Å². The van der Waals surface area contributed by atoms with Crippen molar-refractivity contribution in [1.82, 2.24) is 0 Å². The number of allylic oxidation sites excluding steroid dienone is 1. The molecule has 1 heterocycles. The van der Waals surface area contributed by atoms with Crippen molar-refractivity contribution in [3.05, 3.63) is 66.0 Å². The summed E-state index contributed by atoms with van der Waals surface area (Å²) in [4.78, 5) is 0. The normalized spacial score (nSPS) is 33.7. The number of hydrogen-bond acceptors (Lipinski definition) is 1. The van der Waals surface area contributed by atoms with Crippen LogP contribution >= 0.6 is 0 Å². The van der Waals surface area contributed by atoms with Crippen LogP contribution in [0.5, 0.6) is 0 Å². The second kappa shape index (κ2) is 7.72. The van der Waals surface area contributed by atoms with Gasteiger partial charge in [-0.05, 0) is 71.8 Å². The summed E-state index contributed by atoms with van der Waals surface area (Å²) in [6.07, 6.45) is 12.9. The van der Waals surface area contributed by atoms with Gasteiger partial charge >= 0.3 is 0 Å². The monoisotopic (exact) mass is 390 g/mol. The minimum absolute atomic E-state index is 0.184. The third-order valence-electron chi connectivity index (χ3n) is 7.74. The van der Waals surface area contributed by atoms with Gasteiger partial charge in [-0.3, -0.25) is 0 Å².